The van der Waals surface area contributed by atoms with E-state index in [1.54, 1.807) is 11.8 Å². The molecular weight excluding hydrogens is 278 g/mol. The van der Waals surface area contributed by atoms with E-state index in [2.05, 4.69) is 31.0 Å². The molecule has 21 heavy (non-hydrogen) atoms. The third-order valence-electron chi connectivity index (χ3n) is 4.81. The number of nitrogens with one attached hydrogen (secondary N) is 1. The van der Waals surface area contributed by atoms with Crippen LogP contribution in [-0.2, 0) is 0 Å². The standard InChI is InChI=1S/C17H27N3S/c1-4-12-8-10-13(11-9-12)20(2)14-6-5-7-15(21-3)16(14)17(18)19/h5-7,12-13H,4,8-11H2,1-3H3,(H3,18,19). The second-order valence-electron chi connectivity index (χ2n) is 5.96. The second-order valence-corrected chi connectivity index (χ2v) is 6.81. The number of anilines is 1. The van der Waals surface area contributed by atoms with Gasteiger partial charge in [0.15, 0.2) is 0 Å². The molecule has 1 aliphatic rings. The predicted octanol–water partition coefficient (Wildman–Crippen LogP) is 4.10. The fourth-order valence-corrected chi connectivity index (χ4v) is 4.02. The van der Waals surface area contributed by atoms with Crippen LogP contribution in [0.3, 0.4) is 0 Å². The fourth-order valence-electron chi connectivity index (χ4n) is 3.39. The molecule has 0 atom stereocenters. The van der Waals surface area contributed by atoms with Crippen molar-refractivity contribution >= 4 is 23.3 Å². The third-order valence-corrected chi connectivity index (χ3v) is 5.59. The highest BCUT2D eigenvalue weighted by molar-refractivity contribution is 7.98. The summed E-state index contributed by atoms with van der Waals surface area (Å²) in [6, 6.07) is 6.79. The molecule has 1 aliphatic carbocycles. The van der Waals surface area contributed by atoms with E-state index >= 15 is 0 Å². The van der Waals surface area contributed by atoms with Crippen molar-refractivity contribution in [2.75, 3.05) is 18.2 Å². The van der Waals surface area contributed by atoms with Gasteiger partial charge in [0.05, 0.1) is 5.56 Å². The average molecular weight is 305 g/mol. The highest BCUT2D eigenvalue weighted by Gasteiger charge is 2.25. The highest BCUT2D eigenvalue weighted by atomic mass is 32.2. The highest BCUT2D eigenvalue weighted by Crippen LogP contribution is 2.34. The topological polar surface area (TPSA) is 53.1 Å². The first-order chi connectivity index (χ1) is 10.1. The Morgan fingerprint density at radius 3 is 2.52 bits per heavy atom. The van der Waals surface area contributed by atoms with Gasteiger partial charge in [-0.25, -0.2) is 0 Å². The van der Waals surface area contributed by atoms with Crippen LogP contribution in [0.15, 0.2) is 23.1 Å². The molecule has 0 radical (unpaired) electrons. The molecule has 0 aromatic heterocycles. The Morgan fingerprint density at radius 1 is 1.33 bits per heavy atom. The summed E-state index contributed by atoms with van der Waals surface area (Å²) in [5.41, 5.74) is 7.84. The first-order valence-corrected chi connectivity index (χ1v) is 9.05. The molecule has 3 nitrogen and oxygen atoms in total. The Kier molecular flexibility index (Phi) is 5.57. The molecule has 0 unspecified atom stereocenters. The lowest BCUT2D eigenvalue weighted by Crippen LogP contribution is -2.36. The van der Waals surface area contributed by atoms with Crippen LogP contribution < -0.4 is 10.6 Å². The average Bonchev–Trinajstić information content (AvgIpc) is 2.53. The second kappa shape index (κ2) is 7.21. The minimum atomic E-state index is 0.170. The number of benzene rings is 1. The van der Waals surface area contributed by atoms with Crippen LogP contribution in [-0.4, -0.2) is 25.2 Å². The van der Waals surface area contributed by atoms with Crippen molar-refractivity contribution in [3.05, 3.63) is 23.8 Å². The van der Waals surface area contributed by atoms with Crippen molar-refractivity contribution in [1.29, 1.82) is 5.41 Å². The van der Waals surface area contributed by atoms with E-state index < -0.39 is 0 Å². The van der Waals surface area contributed by atoms with E-state index in [1.807, 2.05) is 12.3 Å². The Bertz CT molecular complexity index is 493. The summed E-state index contributed by atoms with van der Waals surface area (Å²) in [6.45, 7) is 2.30. The van der Waals surface area contributed by atoms with Gasteiger partial charge in [-0.3, -0.25) is 5.41 Å². The van der Waals surface area contributed by atoms with Crippen LogP contribution in [0, 0.1) is 11.3 Å². The molecule has 0 amide bonds. The smallest absolute Gasteiger partial charge is 0.126 e. The van der Waals surface area contributed by atoms with E-state index in [-0.39, 0.29) is 5.84 Å². The van der Waals surface area contributed by atoms with Crippen LogP contribution in [0.25, 0.3) is 0 Å². The molecular formula is C17H27N3S. The normalized spacial score (nSPS) is 22.0. The molecule has 1 fully saturated rings. The van der Waals surface area contributed by atoms with E-state index in [0.29, 0.717) is 6.04 Å². The molecule has 0 saturated heterocycles. The minimum Gasteiger partial charge on any atom is -0.384 e. The summed E-state index contributed by atoms with van der Waals surface area (Å²) in [7, 11) is 2.16. The third kappa shape index (κ3) is 3.54. The number of nitrogens with two attached hydrogens (primary N) is 1. The van der Waals surface area contributed by atoms with Gasteiger partial charge in [0.25, 0.3) is 0 Å². The molecule has 0 aliphatic heterocycles. The first-order valence-electron chi connectivity index (χ1n) is 7.82. The SMILES string of the molecule is CCC1CCC(N(C)c2cccc(SC)c2C(=N)N)CC1. The maximum Gasteiger partial charge on any atom is 0.126 e. The number of rotatable bonds is 5. The zero-order valence-corrected chi connectivity index (χ0v) is 14.2. The Hall–Kier alpha value is -1.16. The van der Waals surface area contributed by atoms with Gasteiger partial charge in [-0.05, 0) is 50.0 Å². The zero-order valence-electron chi connectivity index (χ0n) is 13.4. The molecule has 4 heteroatoms. The van der Waals surface area contributed by atoms with Crippen LogP contribution in [0.4, 0.5) is 5.69 Å². The van der Waals surface area contributed by atoms with Crippen LogP contribution >= 0.6 is 11.8 Å². The molecule has 1 aromatic rings. The van der Waals surface area contributed by atoms with Gasteiger partial charge in [0.1, 0.15) is 5.84 Å². The quantitative estimate of drug-likeness (QED) is 0.489. The number of nitrogen functional groups attached to an aromatic ring is 1. The maximum absolute atomic E-state index is 7.93. The van der Waals surface area contributed by atoms with Crippen molar-refractivity contribution in [2.24, 2.45) is 11.7 Å². The lowest BCUT2D eigenvalue weighted by atomic mass is 9.84. The summed E-state index contributed by atoms with van der Waals surface area (Å²) < 4.78 is 0. The van der Waals surface area contributed by atoms with E-state index in [0.717, 1.165) is 22.1 Å². The molecule has 2 rings (SSSR count). The zero-order chi connectivity index (χ0) is 15.4. The van der Waals surface area contributed by atoms with Crippen molar-refractivity contribution in [3.8, 4) is 0 Å². The molecule has 0 bridgehead atoms. The summed E-state index contributed by atoms with van der Waals surface area (Å²) in [4.78, 5) is 3.44. The largest absolute Gasteiger partial charge is 0.384 e. The number of hydrogen-bond acceptors (Lipinski definition) is 3. The van der Waals surface area contributed by atoms with Crippen molar-refractivity contribution in [2.45, 2.75) is 50.0 Å². The van der Waals surface area contributed by atoms with E-state index in [9.17, 15) is 0 Å². The molecule has 1 aromatic carbocycles. The van der Waals surface area contributed by atoms with Crippen molar-refractivity contribution < 1.29 is 0 Å². The lowest BCUT2D eigenvalue weighted by Gasteiger charge is -2.37. The van der Waals surface area contributed by atoms with Gasteiger partial charge in [0, 0.05) is 23.7 Å². The fraction of sp³-hybridized carbons (Fsp3) is 0.588. The Morgan fingerprint density at radius 2 is 2.00 bits per heavy atom. The molecule has 0 spiro atoms. The van der Waals surface area contributed by atoms with Gasteiger partial charge in [0.2, 0.25) is 0 Å². The number of thioether (sulfide) groups is 1. The van der Waals surface area contributed by atoms with Gasteiger partial charge in [-0.1, -0.05) is 19.4 Å². The van der Waals surface area contributed by atoms with Crippen LogP contribution in [0.5, 0.6) is 0 Å². The van der Waals surface area contributed by atoms with Crippen molar-refractivity contribution in [1.82, 2.24) is 0 Å². The van der Waals surface area contributed by atoms with Crippen molar-refractivity contribution in [3.63, 3.8) is 0 Å². The maximum atomic E-state index is 7.93. The van der Waals surface area contributed by atoms with E-state index in [1.165, 1.54) is 32.1 Å². The predicted molar refractivity (Wildman–Crippen MR) is 93.7 cm³/mol. The summed E-state index contributed by atoms with van der Waals surface area (Å²) in [5, 5.41) is 7.93. The van der Waals surface area contributed by atoms with Crippen LogP contribution in [0.2, 0.25) is 0 Å². The van der Waals surface area contributed by atoms with E-state index in [4.69, 9.17) is 11.1 Å². The van der Waals surface area contributed by atoms with Crippen LogP contribution in [0.1, 0.15) is 44.6 Å². The van der Waals surface area contributed by atoms with Gasteiger partial charge in [-0.2, -0.15) is 0 Å². The first kappa shape index (κ1) is 16.2. The summed E-state index contributed by atoms with van der Waals surface area (Å²) in [5.74, 6) is 1.07. The number of amidine groups is 1. The molecule has 116 valence electrons. The summed E-state index contributed by atoms with van der Waals surface area (Å²) in [6.07, 6.45) is 8.48. The Balaban J connectivity index is 2.23. The van der Waals surface area contributed by atoms with Gasteiger partial charge < -0.3 is 10.6 Å². The lowest BCUT2D eigenvalue weighted by molar-refractivity contribution is 0.313. The number of hydrogen-bond donors (Lipinski definition) is 2. The molecule has 1 saturated carbocycles. The number of nitrogens with zero attached hydrogens (tertiary/aromatic N) is 1. The van der Waals surface area contributed by atoms with Gasteiger partial charge in [-0.15, -0.1) is 11.8 Å². The molecule has 0 heterocycles. The molecule has 3 N–H and O–H groups in total. The monoisotopic (exact) mass is 305 g/mol. The summed E-state index contributed by atoms with van der Waals surface area (Å²) >= 11 is 1.66. The minimum absolute atomic E-state index is 0.170. The Labute approximate surface area is 132 Å². The van der Waals surface area contributed by atoms with Gasteiger partial charge >= 0.3 is 0 Å².